The third-order valence-corrected chi connectivity index (χ3v) is 2.11. The van der Waals surface area contributed by atoms with E-state index >= 15 is 0 Å². The lowest BCUT2D eigenvalue weighted by Gasteiger charge is -2.07. The number of nitrogens with two attached hydrogens (primary N) is 1. The molecule has 0 fully saturated rings. The van der Waals surface area contributed by atoms with Gasteiger partial charge in [0.05, 0.1) is 6.61 Å². The highest BCUT2D eigenvalue weighted by Gasteiger charge is 2.26. The third kappa shape index (κ3) is 5.48. The number of nitrogens with zero attached hydrogens (tertiary/aromatic N) is 1. The first-order chi connectivity index (χ1) is 7.88. The van der Waals surface area contributed by atoms with Crippen LogP contribution in [0.2, 0.25) is 0 Å². The molecule has 7 heteroatoms. The molecule has 1 aromatic rings. The fourth-order valence-corrected chi connectivity index (χ4v) is 1.18. The molecular weight excluding hydrogens is 253 g/mol. The van der Waals surface area contributed by atoms with Crippen LogP contribution in [0, 0.1) is 0 Å². The summed E-state index contributed by atoms with van der Waals surface area (Å²) >= 11 is 4.72. The van der Waals surface area contributed by atoms with Gasteiger partial charge in [0.1, 0.15) is 4.99 Å². The lowest BCUT2D eigenvalue weighted by atomic mass is 10.3. The number of rotatable bonds is 5. The number of alkyl halides is 3. The molecule has 0 bridgehead atoms. The summed E-state index contributed by atoms with van der Waals surface area (Å²) < 4.78 is 40.5. The number of aromatic nitrogens is 1. The zero-order valence-electron chi connectivity index (χ0n) is 8.83. The van der Waals surface area contributed by atoms with Crippen LogP contribution in [0.25, 0.3) is 0 Å². The minimum Gasteiger partial charge on any atom is -0.478 e. The Kier molecular flexibility index (Phi) is 4.68. The number of ether oxygens (including phenoxy) is 1. The van der Waals surface area contributed by atoms with E-state index in [-0.39, 0.29) is 23.9 Å². The molecule has 0 radical (unpaired) electrons. The van der Waals surface area contributed by atoms with Gasteiger partial charge in [0.15, 0.2) is 0 Å². The van der Waals surface area contributed by atoms with Crippen molar-refractivity contribution in [2.45, 2.75) is 19.0 Å². The highest BCUT2D eigenvalue weighted by Crippen LogP contribution is 2.21. The van der Waals surface area contributed by atoms with E-state index in [1.165, 1.54) is 12.3 Å². The summed E-state index contributed by atoms with van der Waals surface area (Å²) in [5, 5.41) is 0. The first-order valence-electron chi connectivity index (χ1n) is 4.84. The summed E-state index contributed by atoms with van der Waals surface area (Å²) in [6.07, 6.45) is -3.69. The van der Waals surface area contributed by atoms with Gasteiger partial charge in [-0.3, -0.25) is 0 Å². The van der Waals surface area contributed by atoms with Crippen molar-refractivity contribution in [1.29, 1.82) is 0 Å². The van der Waals surface area contributed by atoms with Gasteiger partial charge >= 0.3 is 6.18 Å². The van der Waals surface area contributed by atoms with Crippen molar-refractivity contribution in [2.75, 3.05) is 6.61 Å². The predicted molar refractivity (Wildman–Crippen MR) is 60.9 cm³/mol. The van der Waals surface area contributed by atoms with E-state index in [0.29, 0.717) is 5.56 Å². The number of thiocarbonyl (C=S) groups is 1. The van der Waals surface area contributed by atoms with Crippen LogP contribution in [0.1, 0.15) is 18.4 Å². The molecule has 1 heterocycles. The predicted octanol–water partition coefficient (Wildman–Crippen LogP) is 2.44. The molecule has 0 amide bonds. The van der Waals surface area contributed by atoms with E-state index in [1.54, 1.807) is 6.07 Å². The first kappa shape index (κ1) is 13.7. The van der Waals surface area contributed by atoms with Crippen molar-refractivity contribution in [3.63, 3.8) is 0 Å². The fraction of sp³-hybridized carbons (Fsp3) is 0.400. The van der Waals surface area contributed by atoms with Crippen LogP contribution in [0.15, 0.2) is 18.3 Å². The van der Waals surface area contributed by atoms with Gasteiger partial charge < -0.3 is 10.5 Å². The van der Waals surface area contributed by atoms with Crippen molar-refractivity contribution in [1.82, 2.24) is 4.98 Å². The molecule has 0 aliphatic rings. The Morgan fingerprint density at radius 2 is 2.12 bits per heavy atom. The molecule has 0 atom stereocenters. The Hall–Kier alpha value is -1.37. The van der Waals surface area contributed by atoms with Gasteiger partial charge in [-0.25, -0.2) is 4.98 Å². The van der Waals surface area contributed by atoms with E-state index in [0.717, 1.165) is 0 Å². The van der Waals surface area contributed by atoms with Crippen molar-refractivity contribution < 1.29 is 17.9 Å². The van der Waals surface area contributed by atoms with Gasteiger partial charge in [-0.1, -0.05) is 12.2 Å². The quantitative estimate of drug-likeness (QED) is 0.655. The molecule has 0 saturated heterocycles. The highest BCUT2D eigenvalue weighted by atomic mass is 32.1. The molecule has 17 heavy (non-hydrogen) atoms. The Bertz CT molecular complexity index is 378. The van der Waals surface area contributed by atoms with E-state index < -0.39 is 12.6 Å². The lowest BCUT2D eigenvalue weighted by molar-refractivity contribution is -0.136. The summed E-state index contributed by atoms with van der Waals surface area (Å²) in [4.78, 5) is 4.07. The second-order valence-electron chi connectivity index (χ2n) is 3.32. The Morgan fingerprint density at radius 1 is 1.41 bits per heavy atom. The van der Waals surface area contributed by atoms with Crippen LogP contribution in [0.5, 0.6) is 5.88 Å². The molecule has 0 aliphatic heterocycles. The topological polar surface area (TPSA) is 48.1 Å². The second-order valence-corrected chi connectivity index (χ2v) is 3.76. The Balaban J connectivity index is 2.35. The smallest absolute Gasteiger partial charge is 0.389 e. The Labute approximate surface area is 102 Å². The average molecular weight is 264 g/mol. The standard InChI is InChI=1S/C10H11F3N2OS/c11-10(12,13)4-1-5-16-8-3-2-7(6-15-8)9(14)17/h2-3,6H,1,4-5H2,(H2,14,17). The van der Waals surface area contributed by atoms with Gasteiger partial charge in [0.2, 0.25) is 5.88 Å². The molecule has 1 aromatic heterocycles. The summed E-state index contributed by atoms with van der Waals surface area (Å²) in [6.45, 7) is -0.0288. The summed E-state index contributed by atoms with van der Waals surface area (Å²) in [7, 11) is 0. The molecule has 94 valence electrons. The van der Waals surface area contributed by atoms with Gasteiger partial charge in [0, 0.05) is 24.2 Å². The van der Waals surface area contributed by atoms with Gasteiger partial charge in [-0.2, -0.15) is 13.2 Å². The van der Waals surface area contributed by atoms with Gasteiger partial charge in [-0.15, -0.1) is 0 Å². The monoisotopic (exact) mass is 264 g/mol. The third-order valence-electron chi connectivity index (χ3n) is 1.88. The van der Waals surface area contributed by atoms with Crippen molar-refractivity contribution >= 4 is 17.2 Å². The molecular formula is C10H11F3N2OS. The van der Waals surface area contributed by atoms with Crippen LogP contribution < -0.4 is 10.5 Å². The van der Waals surface area contributed by atoms with Gasteiger partial charge in [-0.05, 0) is 12.5 Å². The zero-order valence-corrected chi connectivity index (χ0v) is 9.64. The molecule has 0 spiro atoms. The molecule has 1 rings (SSSR count). The zero-order chi connectivity index (χ0) is 12.9. The van der Waals surface area contributed by atoms with E-state index in [4.69, 9.17) is 22.7 Å². The van der Waals surface area contributed by atoms with Crippen LogP contribution in [0.4, 0.5) is 13.2 Å². The maximum Gasteiger partial charge on any atom is 0.389 e. The Morgan fingerprint density at radius 3 is 2.59 bits per heavy atom. The summed E-state index contributed by atoms with van der Waals surface area (Å²) in [5.74, 6) is 0.257. The normalized spacial score (nSPS) is 11.2. The molecule has 0 saturated carbocycles. The minimum atomic E-state index is -4.15. The minimum absolute atomic E-state index is 0.0288. The van der Waals surface area contributed by atoms with Crippen molar-refractivity contribution in [2.24, 2.45) is 5.73 Å². The van der Waals surface area contributed by atoms with E-state index in [1.807, 2.05) is 0 Å². The van der Waals surface area contributed by atoms with Gasteiger partial charge in [0.25, 0.3) is 0 Å². The molecule has 0 aromatic carbocycles. The summed E-state index contributed by atoms with van der Waals surface area (Å²) in [5.41, 5.74) is 5.94. The SMILES string of the molecule is NC(=S)c1ccc(OCCCC(F)(F)F)nc1. The fourth-order valence-electron chi connectivity index (χ4n) is 1.06. The molecule has 0 unspecified atom stereocenters. The largest absolute Gasteiger partial charge is 0.478 e. The first-order valence-corrected chi connectivity index (χ1v) is 5.25. The van der Waals surface area contributed by atoms with Crippen LogP contribution in [-0.2, 0) is 0 Å². The molecule has 2 N–H and O–H groups in total. The molecule has 3 nitrogen and oxygen atoms in total. The van der Waals surface area contributed by atoms with Crippen LogP contribution in [0.3, 0.4) is 0 Å². The number of hydrogen-bond donors (Lipinski definition) is 1. The number of hydrogen-bond acceptors (Lipinski definition) is 3. The van der Waals surface area contributed by atoms with E-state index in [9.17, 15) is 13.2 Å². The highest BCUT2D eigenvalue weighted by molar-refractivity contribution is 7.80. The number of pyridine rings is 1. The summed E-state index contributed by atoms with van der Waals surface area (Å²) in [6, 6.07) is 3.12. The lowest BCUT2D eigenvalue weighted by Crippen LogP contribution is -2.11. The second kappa shape index (κ2) is 5.81. The van der Waals surface area contributed by atoms with Crippen LogP contribution >= 0.6 is 12.2 Å². The van der Waals surface area contributed by atoms with Crippen LogP contribution in [-0.4, -0.2) is 22.8 Å². The average Bonchev–Trinajstić information content (AvgIpc) is 2.24. The van der Waals surface area contributed by atoms with Crippen molar-refractivity contribution in [3.05, 3.63) is 23.9 Å². The number of halogens is 3. The maximum absolute atomic E-state index is 11.8. The van der Waals surface area contributed by atoms with E-state index in [2.05, 4.69) is 4.98 Å². The maximum atomic E-state index is 11.8. The van der Waals surface area contributed by atoms with Crippen molar-refractivity contribution in [3.8, 4) is 5.88 Å². The molecule has 0 aliphatic carbocycles.